The maximum Gasteiger partial charge on any atom is 0.363 e. The molecule has 7 rings (SSSR count). The number of benzene rings is 1. The monoisotopic (exact) mass is 656 g/mol. The Bertz CT molecular complexity index is 1720. The van der Waals surface area contributed by atoms with Gasteiger partial charge in [0.1, 0.15) is 17.8 Å². The molecule has 2 aromatic heterocycles. The lowest BCUT2D eigenvalue weighted by molar-refractivity contribution is -0.149. The molecule has 3 amide bonds. The summed E-state index contributed by atoms with van der Waals surface area (Å²) in [6.45, 7) is 1.06. The molecule has 1 saturated carbocycles. The average Bonchev–Trinajstić information content (AvgIpc) is 3.35. The summed E-state index contributed by atoms with van der Waals surface area (Å²) in [6.07, 6.45) is 7.16. The number of halogens is 1. The van der Waals surface area contributed by atoms with Crippen LogP contribution in [0.1, 0.15) is 64.7 Å². The van der Waals surface area contributed by atoms with Crippen LogP contribution in [-0.4, -0.2) is 80.6 Å². The van der Waals surface area contributed by atoms with Crippen molar-refractivity contribution in [3.05, 3.63) is 58.7 Å². The summed E-state index contributed by atoms with van der Waals surface area (Å²) in [7, 11) is -3.37. The third-order valence-corrected chi connectivity index (χ3v) is 11.8. The number of amides is 3. The minimum absolute atomic E-state index is 0.0398. The van der Waals surface area contributed by atoms with Crippen LogP contribution in [0.4, 0.5) is 4.39 Å². The first kappa shape index (κ1) is 30.3. The van der Waals surface area contributed by atoms with E-state index in [1.54, 1.807) is 35.4 Å². The minimum atomic E-state index is -4.98. The minimum Gasteiger partial charge on any atom is -0.496 e. The maximum atomic E-state index is 14.3. The van der Waals surface area contributed by atoms with Gasteiger partial charge in [0.2, 0.25) is 17.7 Å². The van der Waals surface area contributed by atoms with Crippen LogP contribution < -0.4 is 10.1 Å². The van der Waals surface area contributed by atoms with Crippen LogP contribution in [0.2, 0.25) is 0 Å². The zero-order valence-corrected chi connectivity index (χ0v) is 26.3. The van der Waals surface area contributed by atoms with Crippen LogP contribution in [-0.2, 0) is 14.2 Å². The molecule has 0 radical (unpaired) electrons. The number of ether oxygens (including phenoxy) is 1. The van der Waals surface area contributed by atoms with E-state index in [1.807, 2.05) is 6.07 Å². The molecule has 5 heterocycles. The Hall–Kier alpha value is -3.38. The van der Waals surface area contributed by atoms with Crippen LogP contribution >= 0.6 is 18.9 Å². The Morgan fingerprint density at radius 3 is 2.67 bits per heavy atom. The number of likely N-dealkylation sites (tertiary alicyclic amines) is 1. The topological polar surface area (TPSA) is 149 Å². The molecule has 3 aromatic rings. The van der Waals surface area contributed by atoms with Gasteiger partial charge in [0.05, 0.1) is 12.0 Å². The van der Waals surface area contributed by atoms with Crippen LogP contribution in [0, 0.1) is 11.8 Å². The maximum absolute atomic E-state index is 14.3. The number of fused-ring (bicyclic) bond motifs is 3. The van der Waals surface area contributed by atoms with Crippen molar-refractivity contribution in [2.45, 2.75) is 62.1 Å². The molecule has 3 saturated heterocycles. The van der Waals surface area contributed by atoms with E-state index in [4.69, 9.17) is 4.74 Å². The average molecular weight is 657 g/mol. The molecule has 11 nitrogen and oxygen atoms in total. The molecule has 3 aliphatic heterocycles. The normalized spacial score (nSPS) is 27.2. The molecular formula is C31H34FN4O7PS. The van der Waals surface area contributed by atoms with Crippen LogP contribution in [0.15, 0.2) is 42.7 Å². The second-order valence-corrected chi connectivity index (χ2v) is 15.4. The van der Waals surface area contributed by atoms with E-state index in [1.165, 1.54) is 18.2 Å². The van der Waals surface area contributed by atoms with E-state index in [0.717, 1.165) is 41.9 Å². The fourth-order valence-corrected chi connectivity index (χ4v) is 8.82. The summed E-state index contributed by atoms with van der Waals surface area (Å²) < 4.78 is 31.8. The summed E-state index contributed by atoms with van der Waals surface area (Å²) in [5.74, 6) is -1.53. The largest absolute Gasteiger partial charge is 0.496 e. The number of thiophene rings is 1. The Labute approximate surface area is 262 Å². The molecule has 4 aliphatic rings. The molecule has 14 heteroatoms. The van der Waals surface area contributed by atoms with Gasteiger partial charge in [0.15, 0.2) is 0 Å². The van der Waals surface area contributed by atoms with Crippen LogP contribution in [0.5, 0.6) is 5.75 Å². The number of nitrogens with zero attached hydrogens (tertiary/aromatic N) is 3. The number of carbonyl (C=O) groups is 3. The number of methoxy groups -OCH3 is 1. The Morgan fingerprint density at radius 2 is 1.91 bits per heavy atom. The summed E-state index contributed by atoms with van der Waals surface area (Å²) in [4.78, 5) is 67.9. The van der Waals surface area contributed by atoms with Crippen molar-refractivity contribution in [1.29, 1.82) is 0 Å². The Morgan fingerprint density at radius 1 is 1.13 bits per heavy atom. The van der Waals surface area contributed by atoms with Gasteiger partial charge in [-0.15, -0.1) is 11.3 Å². The van der Waals surface area contributed by atoms with Gasteiger partial charge in [0, 0.05) is 47.7 Å². The highest BCUT2D eigenvalue weighted by molar-refractivity contribution is 7.51. The summed E-state index contributed by atoms with van der Waals surface area (Å²) in [5.41, 5.74) is 0.793. The van der Waals surface area contributed by atoms with E-state index in [2.05, 4.69) is 10.3 Å². The van der Waals surface area contributed by atoms with Gasteiger partial charge >= 0.3 is 7.60 Å². The van der Waals surface area contributed by atoms with Crippen molar-refractivity contribution in [1.82, 2.24) is 20.1 Å². The number of aromatic nitrogens is 1. The van der Waals surface area contributed by atoms with E-state index >= 15 is 0 Å². The van der Waals surface area contributed by atoms with Crippen molar-refractivity contribution < 1.29 is 37.9 Å². The smallest absolute Gasteiger partial charge is 0.363 e. The van der Waals surface area contributed by atoms with Gasteiger partial charge in [-0.25, -0.2) is 4.39 Å². The van der Waals surface area contributed by atoms with Crippen molar-refractivity contribution >= 4 is 46.7 Å². The Balaban J connectivity index is 1.07. The zero-order valence-electron chi connectivity index (χ0n) is 24.5. The number of nitrogens with one attached hydrogen (secondary N) is 1. The van der Waals surface area contributed by atoms with Gasteiger partial charge < -0.3 is 29.6 Å². The number of rotatable bonds is 7. The van der Waals surface area contributed by atoms with Crippen molar-refractivity contribution in [3.8, 4) is 5.75 Å². The van der Waals surface area contributed by atoms with E-state index in [0.29, 0.717) is 52.7 Å². The lowest BCUT2D eigenvalue weighted by Crippen LogP contribution is -2.59. The predicted molar refractivity (Wildman–Crippen MR) is 164 cm³/mol. The Kier molecular flexibility index (Phi) is 7.71. The number of carbonyl (C=O) groups excluding carboxylic acids is 3. The number of hydrogen-bond acceptors (Lipinski definition) is 7. The quantitative estimate of drug-likeness (QED) is 0.324. The summed E-state index contributed by atoms with van der Waals surface area (Å²) in [6, 6.07) is 6.12. The molecular weight excluding hydrogens is 622 g/mol. The fourth-order valence-electron chi connectivity index (χ4n) is 7.33. The van der Waals surface area contributed by atoms with E-state index in [9.17, 15) is 33.1 Å². The third-order valence-electron chi connectivity index (χ3n) is 9.83. The number of alkyl halides is 1. The third kappa shape index (κ3) is 5.64. The molecule has 3 N–H and O–H groups in total. The van der Waals surface area contributed by atoms with Gasteiger partial charge in [0.25, 0.3) is 5.91 Å². The summed E-state index contributed by atoms with van der Waals surface area (Å²) >= 11 is 1.16. The number of pyridine rings is 1. The molecule has 1 aromatic carbocycles. The lowest BCUT2D eigenvalue weighted by Gasteiger charge is -2.43. The van der Waals surface area contributed by atoms with Gasteiger partial charge in [-0.05, 0) is 79.2 Å². The zero-order chi connectivity index (χ0) is 31.6. The summed E-state index contributed by atoms with van der Waals surface area (Å²) in [5, 5.41) is 3.42. The molecule has 1 aliphatic carbocycles. The van der Waals surface area contributed by atoms with Crippen LogP contribution in [0.25, 0.3) is 10.1 Å². The van der Waals surface area contributed by atoms with E-state index < -0.39 is 31.5 Å². The molecule has 238 valence electrons. The molecule has 0 spiro atoms. The molecule has 6 atom stereocenters. The van der Waals surface area contributed by atoms with Crippen LogP contribution in [0.3, 0.4) is 0 Å². The first-order valence-electron chi connectivity index (χ1n) is 15.1. The highest BCUT2D eigenvalue weighted by Crippen LogP contribution is 2.53. The molecule has 4 fully saturated rings. The first-order valence-corrected chi connectivity index (χ1v) is 17.6. The van der Waals surface area contributed by atoms with Crippen molar-refractivity contribution in [3.63, 3.8) is 0 Å². The van der Waals surface area contributed by atoms with Crippen molar-refractivity contribution in [2.24, 2.45) is 11.8 Å². The molecule has 45 heavy (non-hydrogen) atoms. The second-order valence-electron chi connectivity index (χ2n) is 12.6. The molecule has 0 unspecified atom stereocenters. The first-order chi connectivity index (χ1) is 21.5. The highest BCUT2D eigenvalue weighted by Gasteiger charge is 2.52. The molecule has 0 bridgehead atoms. The second kappa shape index (κ2) is 11.5. The SMILES string of the molecule is COc1ccncc1C1CN(C(=O)[C@@H]2CC[C@@H]3C[C@@H]4C[C@@H]4C[C@H](NC(=O)c4cc5cc([C@H](F)P(=O)(O)O)ccc5s4)C(=O)N32)C1. The number of hydrogen-bond donors (Lipinski definition) is 3. The highest BCUT2D eigenvalue weighted by atomic mass is 32.1. The van der Waals surface area contributed by atoms with Gasteiger partial charge in [-0.1, -0.05) is 6.07 Å². The van der Waals surface area contributed by atoms with Gasteiger partial charge in [-0.2, -0.15) is 0 Å². The predicted octanol–water partition coefficient (Wildman–Crippen LogP) is 3.96. The fraction of sp³-hybridized carbons (Fsp3) is 0.484. The van der Waals surface area contributed by atoms with Crippen molar-refractivity contribution in [2.75, 3.05) is 20.2 Å². The standard InChI is InChI=1S/C31H34FN4O7PS/c1-43-25-6-7-33-13-22(25)20-14-35(15-20)31(39)24-4-3-21-10-17-9-18(17)11-23(30(38)36(21)24)34-29(37)27-12-19-8-16(2-5-26(19)45-27)28(32)44(40,41)42/h2,5-8,12-13,17-18,20-21,23-24,28H,3-4,9-11,14-15H2,1H3,(H,34,37)(H2,40,41,42)/t17-,18+,21+,23-,24-,28+/m0/s1. The van der Waals surface area contributed by atoms with Gasteiger partial charge in [-0.3, -0.25) is 23.9 Å². The lowest BCUT2D eigenvalue weighted by atomic mass is 9.91. The van der Waals surface area contributed by atoms with E-state index in [-0.39, 0.29) is 29.3 Å².